The van der Waals surface area contributed by atoms with Gasteiger partial charge in [-0.25, -0.2) is 0 Å². The van der Waals surface area contributed by atoms with Gasteiger partial charge in [-0.3, -0.25) is 4.79 Å². The number of methoxy groups -OCH3 is 1. The lowest BCUT2D eigenvalue weighted by Gasteiger charge is -2.28. The van der Waals surface area contributed by atoms with Crippen LogP contribution in [0.15, 0.2) is 0 Å². The number of amides is 1. The molecule has 96 valence electrons. The number of carbonyl (C=O) groups is 1. The Morgan fingerprint density at radius 1 is 1.71 bits per heavy atom. The first-order chi connectivity index (χ1) is 8.02. The van der Waals surface area contributed by atoms with Crippen molar-refractivity contribution in [2.24, 2.45) is 5.41 Å². The number of ether oxygens (including phenoxy) is 2. The lowest BCUT2D eigenvalue weighted by Crippen LogP contribution is -2.48. The summed E-state index contributed by atoms with van der Waals surface area (Å²) >= 11 is 0. The molecule has 0 radical (unpaired) electrons. The Labute approximate surface area is 102 Å². The Morgan fingerprint density at radius 3 is 2.82 bits per heavy atom. The first-order valence-corrected chi connectivity index (χ1v) is 5.84. The number of nitriles is 1. The van der Waals surface area contributed by atoms with E-state index in [-0.39, 0.29) is 5.91 Å². The van der Waals surface area contributed by atoms with Crippen molar-refractivity contribution < 1.29 is 14.3 Å². The number of rotatable bonds is 5. The van der Waals surface area contributed by atoms with Gasteiger partial charge in [0.25, 0.3) is 0 Å². The van der Waals surface area contributed by atoms with Crippen molar-refractivity contribution in [2.45, 2.75) is 32.3 Å². The highest BCUT2D eigenvalue weighted by Gasteiger charge is 2.38. The maximum atomic E-state index is 11.9. The Bertz CT molecular complexity index is 318. The second-order valence-electron chi connectivity index (χ2n) is 4.67. The number of nitrogens with one attached hydrogen (secondary N) is 1. The van der Waals surface area contributed by atoms with Crippen LogP contribution in [0, 0.1) is 16.7 Å². The van der Waals surface area contributed by atoms with E-state index in [2.05, 4.69) is 5.32 Å². The van der Waals surface area contributed by atoms with Gasteiger partial charge in [0.15, 0.2) is 0 Å². The van der Waals surface area contributed by atoms with Crippen LogP contribution >= 0.6 is 0 Å². The average Bonchev–Trinajstić information content (AvgIpc) is 2.84. The molecule has 1 fully saturated rings. The Hall–Kier alpha value is -1.12. The molecule has 0 bridgehead atoms. The van der Waals surface area contributed by atoms with E-state index in [0.717, 1.165) is 6.42 Å². The molecule has 2 unspecified atom stereocenters. The molecule has 0 saturated carbocycles. The smallest absolute Gasteiger partial charge is 0.240 e. The fraction of sp³-hybridized carbons (Fsp3) is 0.833. The standard InChI is InChI=1S/C12H20N2O3/c1-4-11(2,7-13)10(15)14-8-12(16-3)5-6-17-9-12/h4-6,8-9H2,1-3H3,(H,14,15). The van der Waals surface area contributed by atoms with Crippen molar-refractivity contribution in [1.29, 1.82) is 5.26 Å². The summed E-state index contributed by atoms with van der Waals surface area (Å²) < 4.78 is 10.7. The van der Waals surface area contributed by atoms with Crippen molar-refractivity contribution in [3.63, 3.8) is 0 Å². The normalized spacial score (nSPS) is 27.2. The molecule has 1 N–H and O–H groups in total. The molecule has 2 atom stereocenters. The molecule has 17 heavy (non-hydrogen) atoms. The second kappa shape index (κ2) is 5.48. The molecule has 0 aromatic carbocycles. The molecule has 1 heterocycles. The number of carbonyl (C=O) groups excluding carboxylic acids is 1. The summed E-state index contributed by atoms with van der Waals surface area (Å²) in [5.41, 5.74) is -1.39. The molecule has 0 aromatic heterocycles. The van der Waals surface area contributed by atoms with Crippen molar-refractivity contribution in [2.75, 3.05) is 26.9 Å². The van der Waals surface area contributed by atoms with Gasteiger partial charge in [-0.15, -0.1) is 0 Å². The van der Waals surface area contributed by atoms with E-state index in [0.29, 0.717) is 26.2 Å². The Morgan fingerprint density at radius 2 is 2.41 bits per heavy atom. The van der Waals surface area contributed by atoms with Crippen LogP contribution < -0.4 is 5.32 Å². The summed E-state index contributed by atoms with van der Waals surface area (Å²) in [6, 6.07) is 2.05. The van der Waals surface area contributed by atoms with Gasteiger partial charge in [0.05, 0.1) is 12.7 Å². The molecule has 0 aliphatic carbocycles. The van der Waals surface area contributed by atoms with Crippen LogP contribution in [0.2, 0.25) is 0 Å². The van der Waals surface area contributed by atoms with Crippen LogP contribution in [0.1, 0.15) is 26.7 Å². The SMILES string of the molecule is CCC(C)(C#N)C(=O)NCC1(OC)CCOC1. The first kappa shape index (κ1) is 13.9. The lowest BCUT2D eigenvalue weighted by atomic mass is 9.88. The summed E-state index contributed by atoms with van der Waals surface area (Å²) in [4.78, 5) is 11.9. The maximum Gasteiger partial charge on any atom is 0.240 e. The molecule has 0 spiro atoms. The number of nitrogens with zero attached hydrogens (tertiary/aromatic N) is 1. The van der Waals surface area contributed by atoms with E-state index < -0.39 is 11.0 Å². The summed E-state index contributed by atoms with van der Waals surface area (Å²) in [5, 5.41) is 11.8. The van der Waals surface area contributed by atoms with E-state index in [4.69, 9.17) is 14.7 Å². The molecular formula is C12H20N2O3. The predicted molar refractivity (Wildman–Crippen MR) is 62.2 cm³/mol. The van der Waals surface area contributed by atoms with Gasteiger partial charge < -0.3 is 14.8 Å². The lowest BCUT2D eigenvalue weighted by molar-refractivity contribution is -0.129. The summed E-state index contributed by atoms with van der Waals surface area (Å²) in [5.74, 6) is -0.245. The molecule has 1 amide bonds. The second-order valence-corrected chi connectivity index (χ2v) is 4.67. The minimum atomic E-state index is -0.964. The Balaban J connectivity index is 2.56. The third kappa shape index (κ3) is 2.96. The fourth-order valence-corrected chi connectivity index (χ4v) is 1.69. The highest BCUT2D eigenvalue weighted by Crippen LogP contribution is 2.23. The fourth-order valence-electron chi connectivity index (χ4n) is 1.69. The van der Waals surface area contributed by atoms with E-state index >= 15 is 0 Å². The van der Waals surface area contributed by atoms with Gasteiger partial charge in [-0.1, -0.05) is 6.92 Å². The largest absolute Gasteiger partial charge is 0.378 e. The van der Waals surface area contributed by atoms with Crippen LogP contribution in [0.3, 0.4) is 0 Å². The Kier molecular flexibility index (Phi) is 4.49. The van der Waals surface area contributed by atoms with Crippen molar-refractivity contribution in [3.8, 4) is 6.07 Å². The van der Waals surface area contributed by atoms with Crippen LogP contribution in [0.4, 0.5) is 0 Å². The summed E-state index contributed by atoms with van der Waals surface area (Å²) in [7, 11) is 1.62. The molecular weight excluding hydrogens is 220 g/mol. The molecule has 5 nitrogen and oxygen atoms in total. The quantitative estimate of drug-likeness (QED) is 0.773. The average molecular weight is 240 g/mol. The molecule has 0 aromatic rings. The predicted octanol–water partition coefficient (Wildman–Crippen LogP) is 0.848. The van der Waals surface area contributed by atoms with E-state index in [9.17, 15) is 4.79 Å². The zero-order valence-corrected chi connectivity index (χ0v) is 10.7. The van der Waals surface area contributed by atoms with Gasteiger partial charge in [-0.05, 0) is 13.3 Å². The van der Waals surface area contributed by atoms with E-state index in [1.807, 2.05) is 13.0 Å². The van der Waals surface area contributed by atoms with Crippen LogP contribution in [0.5, 0.6) is 0 Å². The van der Waals surface area contributed by atoms with Crippen molar-refractivity contribution in [1.82, 2.24) is 5.32 Å². The third-order valence-electron chi connectivity index (χ3n) is 3.53. The van der Waals surface area contributed by atoms with Gasteiger partial charge in [-0.2, -0.15) is 5.26 Å². The zero-order valence-electron chi connectivity index (χ0n) is 10.7. The highest BCUT2D eigenvalue weighted by molar-refractivity contribution is 5.84. The first-order valence-electron chi connectivity index (χ1n) is 5.84. The van der Waals surface area contributed by atoms with Crippen molar-refractivity contribution in [3.05, 3.63) is 0 Å². The van der Waals surface area contributed by atoms with Crippen molar-refractivity contribution >= 4 is 5.91 Å². The molecule has 1 rings (SSSR count). The number of hydrogen-bond acceptors (Lipinski definition) is 4. The van der Waals surface area contributed by atoms with Gasteiger partial charge in [0.1, 0.15) is 11.0 Å². The summed E-state index contributed by atoms with van der Waals surface area (Å²) in [6.07, 6.45) is 1.25. The van der Waals surface area contributed by atoms with Crippen LogP contribution in [-0.4, -0.2) is 38.4 Å². The monoisotopic (exact) mass is 240 g/mol. The van der Waals surface area contributed by atoms with Crippen LogP contribution in [0.25, 0.3) is 0 Å². The summed E-state index contributed by atoms with van der Waals surface area (Å²) in [6.45, 7) is 4.99. The molecule has 1 aliphatic rings. The van der Waals surface area contributed by atoms with E-state index in [1.54, 1.807) is 14.0 Å². The van der Waals surface area contributed by atoms with E-state index in [1.165, 1.54) is 0 Å². The third-order valence-corrected chi connectivity index (χ3v) is 3.53. The topological polar surface area (TPSA) is 71.4 Å². The number of hydrogen-bond donors (Lipinski definition) is 1. The molecule has 1 aliphatic heterocycles. The highest BCUT2D eigenvalue weighted by atomic mass is 16.5. The van der Waals surface area contributed by atoms with Gasteiger partial charge >= 0.3 is 0 Å². The minimum absolute atomic E-state index is 0.245. The van der Waals surface area contributed by atoms with Gasteiger partial charge in [0, 0.05) is 26.7 Å². The minimum Gasteiger partial charge on any atom is -0.378 e. The molecule has 5 heteroatoms. The van der Waals surface area contributed by atoms with Crippen LogP contribution in [-0.2, 0) is 14.3 Å². The van der Waals surface area contributed by atoms with Gasteiger partial charge in [0.2, 0.25) is 5.91 Å². The molecule has 1 saturated heterocycles. The maximum absolute atomic E-state index is 11.9. The zero-order chi connectivity index (χ0) is 12.9.